The summed E-state index contributed by atoms with van der Waals surface area (Å²) in [6.45, 7) is 2.18. The number of carboxylic acid groups (broad SMARTS) is 1. The van der Waals surface area contributed by atoms with Gasteiger partial charge in [0.25, 0.3) is 6.01 Å². The van der Waals surface area contributed by atoms with Gasteiger partial charge in [-0.2, -0.15) is 4.98 Å². The summed E-state index contributed by atoms with van der Waals surface area (Å²) in [7, 11) is 1.59. The molecule has 2 heterocycles. The molecule has 1 amide bonds. The molecule has 1 fully saturated rings. The summed E-state index contributed by atoms with van der Waals surface area (Å²) in [6.07, 6.45) is 0.222. The van der Waals surface area contributed by atoms with E-state index in [1.54, 1.807) is 12.0 Å². The third-order valence-electron chi connectivity index (χ3n) is 7.11. The molecule has 2 unspecified atom stereocenters. The molecule has 5 rings (SSSR count). The van der Waals surface area contributed by atoms with E-state index >= 15 is 0 Å². The molecule has 0 aliphatic carbocycles. The number of hydrogen-bond donors (Lipinski definition) is 3. The third kappa shape index (κ3) is 5.90. The summed E-state index contributed by atoms with van der Waals surface area (Å²) in [5, 5.41) is 15.9. The SMILES string of the molecule is COc1ccccc1Nc1nc2ccc(CC(=O)CNc3ccc(C4CN(C(C)=O)CC4C(=O)O)cc3)cc2o1. The number of oxazole rings is 1. The number of carbonyl (C=O) groups excluding carboxylic acids is 2. The van der Waals surface area contributed by atoms with E-state index in [1.165, 1.54) is 6.92 Å². The lowest BCUT2D eigenvalue weighted by molar-refractivity contribution is -0.141. The molecular weight excluding hydrogens is 512 g/mol. The second kappa shape index (κ2) is 11.5. The normalized spacial score (nSPS) is 16.6. The average Bonchev–Trinajstić information content (AvgIpc) is 3.57. The van der Waals surface area contributed by atoms with Crippen molar-refractivity contribution in [2.24, 2.45) is 5.92 Å². The van der Waals surface area contributed by atoms with E-state index in [-0.39, 0.29) is 37.1 Å². The van der Waals surface area contributed by atoms with E-state index in [4.69, 9.17) is 9.15 Å². The van der Waals surface area contributed by atoms with Gasteiger partial charge in [-0.15, -0.1) is 0 Å². The van der Waals surface area contributed by atoms with E-state index in [0.29, 0.717) is 29.4 Å². The Kier molecular flexibility index (Phi) is 7.68. The number of hydrogen-bond acceptors (Lipinski definition) is 8. The van der Waals surface area contributed by atoms with Crippen LogP contribution in [0.25, 0.3) is 11.1 Å². The number of methoxy groups -OCH3 is 1. The predicted octanol–water partition coefficient (Wildman–Crippen LogP) is 4.45. The average molecular weight is 543 g/mol. The van der Waals surface area contributed by atoms with Gasteiger partial charge in [0.1, 0.15) is 11.3 Å². The van der Waals surface area contributed by atoms with E-state index in [1.807, 2.05) is 66.7 Å². The van der Waals surface area contributed by atoms with Crippen LogP contribution in [-0.4, -0.2) is 59.4 Å². The third-order valence-corrected chi connectivity index (χ3v) is 7.11. The molecule has 3 N–H and O–H groups in total. The second-order valence-corrected chi connectivity index (χ2v) is 9.81. The number of ketones is 1. The zero-order valence-electron chi connectivity index (χ0n) is 22.2. The Morgan fingerprint density at radius 2 is 1.85 bits per heavy atom. The van der Waals surface area contributed by atoms with E-state index < -0.39 is 11.9 Å². The van der Waals surface area contributed by atoms with E-state index in [9.17, 15) is 19.5 Å². The molecule has 40 heavy (non-hydrogen) atoms. The molecule has 3 aromatic carbocycles. The molecule has 1 aromatic heterocycles. The number of likely N-dealkylation sites (tertiary alicyclic amines) is 1. The van der Waals surface area contributed by atoms with Gasteiger partial charge in [0, 0.05) is 38.0 Å². The van der Waals surface area contributed by atoms with Gasteiger partial charge < -0.3 is 29.8 Å². The van der Waals surface area contributed by atoms with Crippen LogP contribution >= 0.6 is 0 Å². The van der Waals surface area contributed by atoms with Crippen LogP contribution in [0.1, 0.15) is 24.0 Å². The van der Waals surface area contributed by atoms with Crippen LogP contribution < -0.4 is 15.4 Å². The number of fused-ring (bicyclic) bond motifs is 1. The molecular formula is C30H30N4O6. The summed E-state index contributed by atoms with van der Waals surface area (Å²) >= 11 is 0. The molecule has 0 spiro atoms. The summed E-state index contributed by atoms with van der Waals surface area (Å²) in [6, 6.07) is 20.6. The Bertz CT molecular complexity index is 1550. The first kappa shape index (κ1) is 26.7. The molecule has 4 aromatic rings. The first-order valence-electron chi connectivity index (χ1n) is 12.9. The largest absolute Gasteiger partial charge is 0.495 e. The lowest BCUT2D eigenvalue weighted by Gasteiger charge is -2.16. The van der Waals surface area contributed by atoms with Gasteiger partial charge in [-0.1, -0.05) is 30.3 Å². The van der Waals surface area contributed by atoms with Crippen LogP contribution in [0.2, 0.25) is 0 Å². The van der Waals surface area contributed by atoms with Crippen molar-refractivity contribution in [1.29, 1.82) is 0 Å². The minimum atomic E-state index is -0.908. The van der Waals surface area contributed by atoms with Crippen LogP contribution in [0.3, 0.4) is 0 Å². The van der Waals surface area contributed by atoms with E-state index in [0.717, 1.165) is 22.5 Å². The lowest BCUT2D eigenvalue weighted by atomic mass is 9.89. The van der Waals surface area contributed by atoms with Crippen molar-refractivity contribution in [1.82, 2.24) is 9.88 Å². The minimum absolute atomic E-state index is 0.00542. The smallest absolute Gasteiger partial charge is 0.308 e. The van der Waals surface area contributed by atoms with Crippen molar-refractivity contribution in [2.45, 2.75) is 19.3 Å². The lowest BCUT2D eigenvalue weighted by Crippen LogP contribution is -2.27. The number of carbonyl (C=O) groups is 3. The van der Waals surface area contributed by atoms with Gasteiger partial charge in [-0.3, -0.25) is 14.4 Å². The van der Waals surface area contributed by atoms with Crippen molar-refractivity contribution in [3.8, 4) is 5.75 Å². The number of para-hydroxylation sites is 2. The summed E-state index contributed by atoms with van der Waals surface area (Å²) < 4.78 is 11.2. The maximum Gasteiger partial charge on any atom is 0.308 e. The molecule has 2 atom stereocenters. The number of carboxylic acids is 1. The highest BCUT2D eigenvalue weighted by molar-refractivity contribution is 5.86. The Labute approximate surface area is 231 Å². The standard InChI is InChI=1S/C30H30N4O6/c1-18(35)34-16-23(24(17-34)29(37)38)20-8-10-21(11-9-20)31-15-22(36)13-19-7-12-26-28(14-19)40-30(33-26)32-25-5-3-4-6-27(25)39-2/h3-12,14,23-24,31H,13,15-17H2,1-2H3,(H,32,33)(H,37,38). The number of nitrogens with zero attached hydrogens (tertiary/aromatic N) is 2. The van der Waals surface area contributed by atoms with Crippen molar-refractivity contribution in [3.05, 3.63) is 77.9 Å². The number of rotatable bonds is 10. The topological polar surface area (TPSA) is 134 Å². The van der Waals surface area contributed by atoms with Gasteiger partial charge in [-0.05, 0) is 47.5 Å². The minimum Gasteiger partial charge on any atom is -0.495 e. The highest BCUT2D eigenvalue weighted by Crippen LogP contribution is 2.34. The first-order chi connectivity index (χ1) is 19.3. The molecule has 1 aliphatic rings. The van der Waals surface area contributed by atoms with Gasteiger partial charge in [0.2, 0.25) is 5.91 Å². The Morgan fingerprint density at radius 1 is 1.07 bits per heavy atom. The van der Waals surface area contributed by atoms with Crippen LogP contribution in [0.4, 0.5) is 17.4 Å². The Hall–Kier alpha value is -4.86. The van der Waals surface area contributed by atoms with Gasteiger partial charge in [0.05, 0.1) is 25.3 Å². The zero-order valence-corrected chi connectivity index (χ0v) is 22.2. The second-order valence-electron chi connectivity index (χ2n) is 9.81. The van der Waals surface area contributed by atoms with Crippen LogP contribution in [0.15, 0.2) is 71.1 Å². The van der Waals surface area contributed by atoms with Crippen LogP contribution in [-0.2, 0) is 20.8 Å². The number of anilines is 3. The summed E-state index contributed by atoms with van der Waals surface area (Å²) in [5.74, 6) is -1.28. The van der Waals surface area contributed by atoms with Crippen molar-refractivity contribution in [3.63, 3.8) is 0 Å². The van der Waals surface area contributed by atoms with E-state index in [2.05, 4.69) is 15.6 Å². The summed E-state index contributed by atoms with van der Waals surface area (Å²) in [4.78, 5) is 42.2. The fourth-order valence-corrected chi connectivity index (χ4v) is 4.98. The highest BCUT2D eigenvalue weighted by atomic mass is 16.5. The maximum atomic E-state index is 12.7. The number of ether oxygens (including phenoxy) is 1. The van der Waals surface area contributed by atoms with Crippen molar-refractivity contribution >= 4 is 46.1 Å². The first-order valence-corrected chi connectivity index (χ1v) is 12.9. The number of aliphatic carboxylic acids is 1. The Morgan fingerprint density at radius 3 is 2.58 bits per heavy atom. The predicted molar refractivity (Wildman–Crippen MR) is 150 cm³/mol. The molecule has 10 heteroatoms. The highest BCUT2D eigenvalue weighted by Gasteiger charge is 2.39. The quantitative estimate of drug-likeness (QED) is 0.266. The van der Waals surface area contributed by atoms with Gasteiger partial charge in [0.15, 0.2) is 11.4 Å². The van der Waals surface area contributed by atoms with Gasteiger partial charge >= 0.3 is 5.97 Å². The molecule has 1 saturated heterocycles. The van der Waals surface area contributed by atoms with Crippen molar-refractivity contribution in [2.75, 3.05) is 37.4 Å². The molecule has 10 nitrogen and oxygen atoms in total. The number of Topliss-reactive ketones (excluding diaryl/α,β-unsaturated/α-hetero) is 1. The van der Waals surface area contributed by atoms with Crippen LogP contribution in [0.5, 0.6) is 5.75 Å². The monoisotopic (exact) mass is 542 g/mol. The molecule has 0 radical (unpaired) electrons. The van der Waals surface area contributed by atoms with Gasteiger partial charge in [-0.25, -0.2) is 0 Å². The number of amides is 1. The zero-order chi connectivity index (χ0) is 28.2. The number of aromatic nitrogens is 1. The fourth-order valence-electron chi connectivity index (χ4n) is 4.98. The van der Waals surface area contributed by atoms with Crippen LogP contribution in [0, 0.1) is 5.92 Å². The molecule has 1 aliphatic heterocycles. The maximum absolute atomic E-state index is 12.7. The summed E-state index contributed by atoms with van der Waals surface area (Å²) in [5.41, 5.74) is 4.39. The van der Waals surface area contributed by atoms with Crippen molar-refractivity contribution < 1.29 is 28.6 Å². The molecule has 0 bridgehead atoms. The fraction of sp³-hybridized carbons (Fsp3) is 0.267. The number of nitrogens with one attached hydrogen (secondary N) is 2. The molecule has 0 saturated carbocycles. The molecule has 206 valence electrons. The Balaban J connectivity index is 1.17. The number of benzene rings is 3.